The van der Waals surface area contributed by atoms with E-state index in [4.69, 9.17) is 0 Å². The summed E-state index contributed by atoms with van der Waals surface area (Å²) in [4.78, 5) is 30.9. The van der Waals surface area contributed by atoms with E-state index in [0.717, 1.165) is 37.2 Å². The number of carbonyl (C=O) groups is 2. The summed E-state index contributed by atoms with van der Waals surface area (Å²) < 4.78 is 0.877. The van der Waals surface area contributed by atoms with E-state index in [0.29, 0.717) is 17.2 Å². The lowest BCUT2D eigenvalue weighted by molar-refractivity contribution is -0.902. The highest BCUT2D eigenvalue weighted by Crippen LogP contribution is 2.25. The fourth-order valence-electron chi connectivity index (χ4n) is 3.24. The van der Waals surface area contributed by atoms with Gasteiger partial charge in [0.1, 0.15) is 6.04 Å². The summed E-state index contributed by atoms with van der Waals surface area (Å²) in [7, 11) is 0. The van der Waals surface area contributed by atoms with Gasteiger partial charge in [-0.1, -0.05) is 22.0 Å². The predicted molar refractivity (Wildman–Crippen MR) is 99.2 cm³/mol. The zero-order valence-electron chi connectivity index (χ0n) is 13.8. The fourth-order valence-corrected chi connectivity index (χ4v) is 4.79. The van der Waals surface area contributed by atoms with E-state index < -0.39 is 0 Å². The zero-order chi connectivity index (χ0) is 17.1. The summed E-state index contributed by atoms with van der Waals surface area (Å²) in [6.45, 7) is 6.88. The van der Waals surface area contributed by atoms with Gasteiger partial charge in [0.25, 0.3) is 5.91 Å². The van der Waals surface area contributed by atoms with Crippen LogP contribution in [0, 0.1) is 0 Å². The largest absolute Gasteiger partial charge is 0.332 e. The van der Waals surface area contributed by atoms with Crippen LogP contribution in [0.15, 0.2) is 28.7 Å². The number of hydrogen-bond acceptors (Lipinski definition) is 3. The molecule has 1 N–H and O–H groups in total. The third-order valence-corrected chi connectivity index (χ3v) is 6.29. The van der Waals surface area contributed by atoms with Crippen LogP contribution in [-0.4, -0.2) is 72.0 Å². The summed E-state index contributed by atoms with van der Waals surface area (Å²) in [5, 5.41) is 0. The van der Waals surface area contributed by atoms with Crippen molar-refractivity contribution in [2.75, 3.05) is 44.4 Å². The van der Waals surface area contributed by atoms with Gasteiger partial charge in [-0.15, -0.1) is 11.8 Å². The number of nitrogens with zero attached hydrogens (tertiary/aromatic N) is 2. The first-order valence-corrected chi connectivity index (χ1v) is 10.3. The molecule has 2 aliphatic rings. The van der Waals surface area contributed by atoms with E-state index in [1.165, 1.54) is 0 Å². The number of carbonyl (C=O) groups excluding carboxylic acids is 2. The lowest BCUT2D eigenvalue weighted by Gasteiger charge is -2.34. The highest BCUT2D eigenvalue weighted by Gasteiger charge is 2.38. The maximum absolute atomic E-state index is 12.9. The monoisotopic (exact) mass is 412 g/mol. The van der Waals surface area contributed by atoms with Gasteiger partial charge in [-0.2, -0.15) is 0 Å². The molecule has 1 aromatic carbocycles. The molecule has 0 unspecified atom stereocenters. The molecule has 24 heavy (non-hydrogen) atoms. The molecule has 0 aliphatic carbocycles. The number of hydrogen-bond donors (Lipinski definition) is 1. The molecule has 0 aromatic heterocycles. The highest BCUT2D eigenvalue weighted by atomic mass is 79.9. The SMILES string of the molecule is CC[NH+]1CCN(C(=O)[C@@H]2CSCN2C(=O)c2cccc(Br)c2)CC1. The number of amides is 2. The van der Waals surface area contributed by atoms with E-state index in [-0.39, 0.29) is 17.9 Å². The summed E-state index contributed by atoms with van der Waals surface area (Å²) in [5.74, 6) is 1.33. The van der Waals surface area contributed by atoms with E-state index in [9.17, 15) is 9.59 Å². The Balaban J connectivity index is 1.69. The third kappa shape index (κ3) is 3.78. The fraction of sp³-hybridized carbons (Fsp3) is 0.529. The van der Waals surface area contributed by atoms with E-state index in [2.05, 4.69) is 22.9 Å². The molecule has 2 saturated heterocycles. The molecule has 3 rings (SSSR count). The highest BCUT2D eigenvalue weighted by molar-refractivity contribution is 9.10. The quantitative estimate of drug-likeness (QED) is 0.794. The van der Waals surface area contributed by atoms with E-state index >= 15 is 0 Å². The lowest BCUT2D eigenvalue weighted by Crippen LogP contribution is -3.14. The van der Waals surface area contributed by atoms with Crippen LogP contribution in [0.4, 0.5) is 0 Å². The first-order valence-electron chi connectivity index (χ1n) is 8.36. The van der Waals surface area contributed by atoms with Gasteiger partial charge in [0.2, 0.25) is 5.91 Å². The van der Waals surface area contributed by atoms with Crippen molar-refractivity contribution in [3.63, 3.8) is 0 Å². The lowest BCUT2D eigenvalue weighted by atomic mass is 10.1. The Kier molecular flexibility index (Phi) is 5.84. The Morgan fingerprint density at radius 1 is 1.33 bits per heavy atom. The molecule has 2 amide bonds. The van der Waals surface area contributed by atoms with Gasteiger partial charge < -0.3 is 14.7 Å². The second-order valence-electron chi connectivity index (χ2n) is 6.23. The molecule has 7 heteroatoms. The van der Waals surface area contributed by atoms with Crippen LogP contribution in [0.2, 0.25) is 0 Å². The smallest absolute Gasteiger partial charge is 0.255 e. The van der Waals surface area contributed by atoms with Crippen LogP contribution in [-0.2, 0) is 4.79 Å². The molecule has 2 fully saturated rings. The third-order valence-electron chi connectivity index (χ3n) is 4.78. The average Bonchev–Trinajstić information content (AvgIpc) is 3.10. The number of piperazine rings is 1. The topological polar surface area (TPSA) is 45.1 Å². The van der Waals surface area contributed by atoms with Crippen LogP contribution >= 0.6 is 27.7 Å². The second kappa shape index (κ2) is 7.89. The van der Waals surface area contributed by atoms with Crippen molar-refractivity contribution in [1.29, 1.82) is 0 Å². The predicted octanol–water partition coefficient (Wildman–Crippen LogP) is 0.711. The molecule has 1 aromatic rings. The van der Waals surface area contributed by atoms with E-state index in [1.807, 2.05) is 23.1 Å². The van der Waals surface area contributed by atoms with Crippen molar-refractivity contribution in [3.05, 3.63) is 34.3 Å². The minimum absolute atomic E-state index is 0.0579. The standard InChI is InChI=1S/C17H22BrN3O2S/c1-2-19-6-8-20(9-7-19)17(23)15-11-24-12-21(15)16(22)13-4-3-5-14(18)10-13/h3-5,10,15H,2,6-9,11-12H2,1H3/p+1/t15-/m0/s1. The molecule has 1 atom stereocenters. The molecule has 2 heterocycles. The normalized spacial score (nSPS) is 22.0. The maximum Gasteiger partial charge on any atom is 0.255 e. The number of halogens is 1. The van der Waals surface area contributed by atoms with Gasteiger partial charge in [0.15, 0.2) is 0 Å². The van der Waals surface area contributed by atoms with Gasteiger partial charge in [-0.05, 0) is 25.1 Å². The van der Waals surface area contributed by atoms with Crippen molar-refractivity contribution < 1.29 is 14.5 Å². The zero-order valence-corrected chi connectivity index (χ0v) is 16.2. The first kappa shape index (κ1) is 17.8. The Labute approximate surface area is 155 Å². The van der Waals surface area contributed by atoms with Crippen LogP contribution in [0.3, 0.4) is 0 Å². The van der Waals surface area contributed by atoms with Crippen LogP contribution < -0.4 is 4.90 Å². The van der Waals surface area contributed by atoms with Crippen LogP contribution in [0.5, 0.6) is 0 Å². The molecular weight excluding hydrogens is 390 g/mol. The van der Waals surface area contributed by atoms with Gasteiger partial charge in [0.05, 0.1) is 38.6 Å². The molecule has 0 spiro atoms. The summed E-state index contributed by atoms with van der Waals surface area (Å²) in [6, 6.07) is 7.04. The van der Waals surface area contributed by atoms with Gasteiger partial charge >= 0.3 is 0 Å². The van der Waals surface area contributed by atoms with Crippen molar-refractivity contribution in [2.45, 2.75) is 13.0 Å². The van der Waals surface area contributed by atoms with Gasteiger partial charge in [-0.3, -0.25) is 9.59 Å². The Morgan fingerprint density at radius 3 is 2.75 bits per heavy atom. The molecular formula is C17H23BrN3O2S+. The van der Waals surface area contributed by atoms with Crippen molar-refractivity contribution >= 4 is 39.5 Å². The summed E-state index contributed by atoms with van der Waals surface area (Å²) in [6.07, 6.45) is 0. The first-order chi connectivity index (χ1) is 11.6. The van der Waals surface area contributed by atoms with Crippen molar-refractivity contribution in [3.8, 4) is 0 Å². The minimum Gasteiger partial charge on any atom is -0.332 e. The molecule has 0 saturated carbocycles. The second-order valence-corrected chi connectivity index (χ2v) is 8.15. The molecule has 2 aliphatic heterocycles. The number of likely N-dealkylation sites (N-methyl/N-ethyl adjacent to an activating group) is 1. The van der Waals surface area contributed by atoms with Gasteiger partial charge in [0, 0.05) is 15.8 Å². The summed E-state index contributed by atoms with van der Waals surface area (Å²) in [5.41, 5.74) is 0.630. The number of thioether (sulfide) groups is 1. The van der Waals surface area contributed by atoms with Crippen molar-refractivity contribution in [1.82, 2.24) is 9.80 Å². The van der Waals surface area contributed by atoms with Gasteiger partial charge in [-0.25, -0.2) is 0 Å². The molecule has 5 nitrogen and oxygen atoms in total. The molecule has 0 bridgehead atoms. The molecule has 130 valence electrons. The average molecular weight is 413 g/mol. The summed E-state index contributed by atoms with van der Waals surface area (Å²) >= 11 is 5.06. The number of benzene rings is 1. The Morgan fingerprint density at radius 2 is 2.08 bits per heavy atom. The van der Waals surface area contributed by atoms with Crippen LogP contribution in [0.25, 0.3) is 0 Å². The van der Waals surface area contributed by atoms with E-state index in [1.54, 1.807) is 27.6 Å². The number of rotatable bonds is 3. The molecule has 0 radical (unpaired) electrons. The number of quaternary nitrogens is 1. The maximum atomic E-state index is 12.9. The minimum atomic E-state index is -0.329. The van der Waals surface area contributed by atoms with Crippen LogP contribution in [0.1, 0.15) is 17.3 Å². The van der Waals surface area contributed by atoms with Crippen molar-refractivity contribution in [2.24, 2.45) is 0 Å². The Hall–Kier alpha value is -1.05. The number of nitrogens with one attached hydrogen (secondary N) is 1. The Bertz CT molecular complexity index is 620.